The summed E-state index contributed by atoms with van der Waals surface area (Å²) in [6, 6.07) is 0. The van der Waals surface area contributed by atoms with E-state index in [2.05, 4.69) is 50.5 Å². The van der Waals surface area contributed by atoms with Crippen LogP contribution in [0.15, 0.2) is 0 Å². The highest BCUT2D eigenvalue weighted by Crippen LogP contribution is 2.41. The van der Waals surface area contributed by atoms with Crippen molar-refractivity contribution >= 4 is 62.5 Å². The summed E-state index contributed by atoms with van der Waals surface area (Å²) in [5.41, 5.74) is 0. The average Bonchev–Trinajstić information content (AvgIpc) is 1.86. The second kappa shape index (κ2) is 3.60. The van der Waals surface area contributed by atoms with Gasteiger partial charge in [0.2, 0.25) is 0 Å². The molecule has 0 rings (SSSR count). The lowest BCUT2D eigenvalue weighted by Crippen LogP contribution is -2.49. The van der Waals surface area contributed by atoms with Crippen LogP contribution in [-0.2, 0) is 9.59 Å². The molecule has 8 heteroatoms. The Morgan fingerprint density at radius 1 is 0.833 bits per heavy atom. The lowest BCUT2D eigenvalue weighted by Gasteiger charge is -2.29. The van der Waals surface area contributed by atoms with Gasteiger partial charge in [0.15, 0.2) is 8.16 Å². The number of thiol groups is 4. The van der Waals surface area contributed by atoms with Gasteiger partial charge in [0.1, 0.15) is 0 Å². The van der Waals surface area contributed by atoms with Gasteiger partial charge in [-0.05, 0) is 0 Å². The zero-order valence-electron chi connectivity index (χ0n) is 5.50. The van der Waals surface area contributed by atoms with Crippen LogP contribution in [0.5, 0.6) is 0 Å². The molecular weight excluding hydrogens is 240 g/mol. The molecule has 0 radical (unpaired) electrons. The Hall–Kier alpha value is 0.340. The van der Waals surface area contributed by atoms with E-state index in [-0.39, 0.29) is 0 Å². The van der Waals surface area contributed by atoms with Gasteiger partial charge in [-0.15, -0.1) is 50.5 Å². The van der Waals surface area contributed by atoms with E-state index in [9.17, 15) is 9.59 Å². The minimum absolute atomic E-state index is 1.53. The molecule has 0 fully saturated rings. The van der Waals surface area contributed by atoms with Gasteiger partial charge in [-0.3, -0.25) is 0 Å². The highest BCUT2D eigenvalue weighted by molar-refractivity contribution is 8.09. The van der Waals surface area contributed by atoms with Crippen molar-refractivity contribution in [3.05, 3.63) is 0 Å². The molecule has 0 bridgehead atoms. The highest BCUT2D eigenvalue weighted by atomic mass is 32.2. The maximum Gasteiger partial charge on any atom is 0.332 e. The van der Waals surface area contributed by atoms with Crippen molar-refractivity contribution in [1.82, 2.24) is 0 Å². The van der Waals surface area contributed by atoms with Crippen LogP contribution in [0.3, 0.4) is 0 Å². The summed E-state index contributed by atoms with van der Waals surface area (Å²) in [6.07, 6.45) is 0. The number of aliphatic carboxylic acids is 2. The Morgan fingerprint density at radius 3 is 1.08 bits per heavy atom. The average molecular weight is 246 g/mol. The topological polar surface area (TPSA) is 74.6 Å². The molecule has 0 unspecified atom stereocenters. The number of hydrogen-bond donors (Lipinski definition) is 6. The summed E-state index contributed by atoms with van der Waals surface area (Å²) in [5, 5.41) is 17.0. The maximum atomic E-state index is 10.5. The number of hydrogen-bond acceptors (Lipinski definition) is 6. The Kier molecular flexibility index (Phi) is 3.71. The van der Waals surface area contributed by atoms with E-state index in [1.54, 1.807) is 0 Å². The van der Waals surface area contributed by atoms with Gasteiger partial charge in [-0.25, -0.2) is 9.59 Å². The van der Waals surface area contributed by atoms with E-state index in [4.69, 9.17) is 10.2 Å². The summed E-state index contributed by atoms with van der Waals surface area (Å²) >= 11 is 14.1. The van der Waals surface area contributed by atoms with Gasteiger partial charge in [0.25, 0.3) is 0 Å². The predicted molar refractivity (Wildman–Crippen MR) is 56.7 cm³/mol. The quantitative estimate of drug-likeness (QED) is 0.319. The molecule has 2 N–H and O–H groups in total. The van der Waals surface area contributed by atoms with Crippen LogP contribution >= 0.6 is 50.5 Å². The molecule has 0 aliphatic heterocycles. The van der Waals surface area contributed by atoms with E-state index in [0.717, 1.165) is 0 Å². The standard InChI is InChI=1S/C4H6O4S4/c5-1(6)3(9,10)4(11,12)2(7)8/h9-12H,(H,5,6)(H,7,8). The first-order valence-corrected chi connectivity index (χ1v) is 4.29. The van der Waals surface area contributed by atoms with Crippen LogP contribution in [0.4, 0.5) is 0 Å². The van der Waals surface area contributed by atoms with Crippen molar-refractivity contribution in [3.8, 4) is 0 Å². The molecule has 0 atom stereocenters. The highest BCUT2D eigenvalue weighted by Gasteiger charge is 2.53. The SMILES string of the molecule is O=C(O)C(S)(S)C(S)(S)C(=O)O. The summed E-state index contributed by atoms with van der Waals surface area (Å²) in [5.74, 6) is -3.05. The summed E-state index contributed by atoms with van der Waals surface area (Å²) < 4.78 is -4.30. The fraction of sp³-hybridized carbons (Fsp3) is 0.500. The van der Waals surface area contributed by atoms with Crippen LogP contribution in [0.1, 0.15) is 0 Å². The third-order valence-electron chi connectivity index (χ3n) is 1.08. The zero-order valence-corrected chi connectivity index (χ0v) is 9.08. The van der Waals surface area contributed by atoms with Gasteiger partial charge >= 0.3 is 11.9 Å². The molecule has 0 aliphatic carbocycles. The van der Waals surface area contributed by atoms with Crippen LogP contribution in [0, 0.1) is 0 Å². The molecule has 0 heterocycles. The van der Waals surface area contributed by atoms with Crippen molar-refractivity contribution < 1.29 is 19.8 Å². The van der Waals surface area contributed by atoms with Gasteiger partial charge in [-0.1, -0.05) is 0 Å². The molecule has 0 aromatic rings. The van der Waals surface area contributed by atoms with Gasteiger partial charge in [0.05, 0.1) is 0 Å². The summed E-state index contributed by atoms with van der Waals surface area (Å²) in [6.45, 7) is 0. The van der Waals surface area contributed by atoms with Crippen molar-refractivity contribution in [3.63, 3.8) is 0 Å². The van der Waals surface area contributed by atoms with Crippen LogP contribution in [0.25, 0.3) is 0 Å². The van der Waals surface area contributed by atoms with Gasteiger partial charge < -0.3 is 10.2 Å². The molecule has 4 nitrogen and oxygen atoms in total. The summed E-state index contributed by atoms with van der Waals surface area (Å²) in [7, 11) is 0. The first-order valence-electron chi connectivity index (χ1n) is 2.50. The van der Waals surface area contributed by atoms with E-state index in [1.165, 1.54) is 0 Å². The monoisotopic (exact) mass is 246 g/mol. The van der Waals surface area contributed by atoms with E-state index >= 15 is 0 Å². The second-order valence-electron chi connectivity index (χ2n) is 1.95. The third kappa shape index (κ3) is 1.98. The van der Waals surface area contributed by atoms with Crippen LogP contribution < -0.4 is 0 Å². The van der Waals surface area contributed by atoms with Crippen molar-refractivity contribution in [1.29, 1.82) is 0 Å². The number of carbonyl (C=O) groups is 2. The summed E-state index contributed by atoms with van der Waals surface area (Å²) in [4.78, 5) is 20.9. The largest absolute Gasteiger partial charge is 0.480 e. The van der Waals surface area contributed by atoms with Crippen LogP contribution in [-0.4, -0.2) is 30.3 Å². The predicted octanol–water partition coefficient (Wildman–Crippen LogP) is 0.267. The third-order valence-corrected chi connectivity index (χ3v) is 3.89. The molecule has 0 aromatic carbocycles. The number of rotatable bonds is 3. The fourth-order valence-corrected chi connectivity index (χ4v) is 0.681. The van der Waals surface area contributed by atoms with E-state index < -0.39 is 20.1 Å². The molecule has 0 amide bonds. The first-order chi connectivity index (χ1) is 5.14. The molecule has 0 saturated heterocycles. The van der Waals surface area contributed by atoms with E-state index in [1.807, 2.05) is 0 Å². The van der Waals surface area contributed by atoms with Crippen molar-refractivity contribution in [2.24, 2.45) is 0 Å². The van der Waals surface area contributed by atoms with E-state index in [0.29, 0.717) is 0 Å². The van der Waals surface area contributed by atoms with Gasteiger partial charge in [0, 0.05) is 0 Å². The maximum absolute atomic E-state index is 10.5. The van der Waals surface area contributed by atoms with Crippen molar-refractivity contribution in [2.45, 2.75) is 8.16 Å². The molecule has 12 heavy (non-hydrogen) atoms. The normalized spacial score (nSPS) is 12.7. The Labute approximate surface area is 90.4 Å². The van der Waals surface area contributed by atoms with Crippen molar-refractivity contribution in [2.75, 3.05) is 0 Å². The Balaban J connectivity index is 5.01. The molecule has 0 spiro atoms. The first kappa shape index (κ1) is 12.3. The zero-order chi connectivity index (χ0) is 10.2. The number of carboxylic acid groups (broad SMARTS) is 2. The smallest absolute Gasteiger partial charge is 0.332 e. The molecule has 0 aromatic heterocycles. The van der Waals surface area contributed by atoms with Gasteiger partial charge in [-0.2, -0.15) is 0 Å². The lowest BCUT2D eigenvalue weighted by molar-refractivity contribution is -0.143. The number of carboxylic acids is 2. The molecular formula is C4H6O4S4. The Bertz CT molecular complexity index is 199. The van der Waals surface area contributed by atoms with Crippen LogP contribution in [0.2, 0.25) is 0 Å². The molecule has 70 valence electrons. The fourth-order valence-electron chi connectivity index (χ4n) is 0.298. The molecule has 0 aliphatic rings. The minimum Gasteiger partial charge on any atom is -0.480 e. The minimum atomic E-state index is -2.15. The second-order valence-corrected chi connectivity index (χ2v) is 5.34. The lowest BCUT2D eigenvalue weighted by atomic mass is 10.3. The molecule has 0 saturated carbocycles. The Morgan fingerprint density at radius 2 is 1.00 bits per heavy atom.